The first kappa shape index (κ1) is 15.1. The number of likely N-dealkylation sites (tertiary alicyclic amines) is 1. The van der Waals surface area contributed by atoms with E-state index in [9.17, 15) is 9.90 Å². The molecule has 1 aromatic heterocycles. The second-order valence-electron chi connectivity index (χ2n) is 6.49. The molecule has 112 valence electrons. The highest BCUT2D eigenvalue weighted by Crippen LogP contribution is 2.37. The second kappa shape index (κ2) is 5.60. The number of nitrogens with zero attached hydrogens (tertiary/aromatic N) is 1. The summed E-state index contributed by atoms with van der Waals surface area (Å²) in [6.45, 7) is 9.58. The Hall–Kier alpha value is -1.29. The van der Waals surface area contributed by atoms with E-state index < -0.39 is 11.4 Å². The van der Waals surface area contributed by atoms with Crippen LogP contribution in [0.3, 0.4) is 0 Å². The molecule has 1 aliphatic heterocycles. The van der Waals surface area contributed by atoms with Gasteiger partial charge in [-0.2, -0.15) is 0 Å². The van der Waals surface area contributed by atoms with Crippen LogP contribution < -0.4 is 0 Å². The standard InChI is InChI=1S/C16H25NO3/c1-11-7-8-14(20-11)12(2)17-9-5-6-13(10-17)16(3,4)15(18)19/h7-8,12-13H,5-6,9-10H2,1-4H3,(H,18,19). The molecule has 0 saturated carbocycles. The van der Waals surface area contributed by atoms with Crippen molar-refractivity contribution in [2.24, 2.45) is 11.3 Å². The van der Waals surface area contributed by atoms with Crippen molar-refractivity contribution in [1.82, 2.24) is 4.90 Å². The third kappa shape index (κ3) is 2.90. The summed E-state index contributed by atoms with van der Waals surface area (Å²) >= 11 is 0. The molecular weight excluding hydrogens is 254 g/mol. The minimum Gasteiger partial charge on any atom is -0.481 e. The lowest BCUT2D eigenvalue weighted by molar-refractivity contribution is -0.151. The zero-order valence-electron chi connectivity index (χ0n) is 12.8. The number of furan rings is 1. The molecule has 0 bridgehead atoms. The van der Waals surface area contributed by atoms with E-state index in [2.05, 4.69) is 11.8 Å². The summed E-state index contributed by atoms with van der Waals surface area (Å²) in [5.74, 6) is 1.38. The Morgan fingerprint density at radius 2 is 2.20 bits per heavy atom. The lowest BCUT2D eigenvalue weighted by Crippen LogP contribution is -2.45. The molecule has 0 spiro atoms. The molecule has 1 aliphatic rings. The van der Waals surface area contributed by atoms with E-state index in [0.717, 1.165) is 37.5 Å². The van der Waals surface area contributed by atoms with Crippen LogP contribution in [0, 0.1) is 18.3 Å². The molecule has 0 amide bonds. The summed E-state index contributed by atoms with van der Waals surface area (Å²) in [5, 5.41) is 9.40. The smallest absolute Gasteiger partial charge is 0.309 e. The van der Waals surface area contributed by atoms with Crippen LogP contribution in [0.5, 0.6) is 0 Å². The van der Waals surface area contributed by atoms with Gasteiger partial charge in [0.25, 0.3) is 0 Å². The maximum absolute atomic E-state index is 11.4. The van der Waals surface area contributed by atoms with Gasteiger partial charge in [0.15, 0.2) is 0 Å². The summed E-state index contributed by atoms with van der Waals surface area (Å²) in [5.41, 5.74) is -0.669. The number of carbonyl (C=O) groups is 1. The molecule has 1 saturated heterocycles. The molecule has 4 nitrogen and oxygen atoms in total. The SMILES string of the molecule is Cc1ccc(C(C)N2CCCC(C(C)(C)C(=O)O)C2)o1. The number of aryl methyl sites for hydroxylation is 1. The van der Waals surface area contributed by atoms with Gasteiger partial charge in [-0.3, -0.25) is 9.69 Å². The van der Waals surface area contributed by atoms with Gasteiger partial charge < -0.3 is 9.52 Å². The molecule has 20 heavy (non-hydrogen) atoms. The number of carboxylic acid groups (broad SMARTS) is 1. The molecule has 0 aromatic carbocycles. The van der Waals surface area contributed by atoms with E-state index in [4.69, 9.17) is 4.42 Å². The molecule has 0 radical (unpaired) electrons. The highest BCUT2D eigenvalue weighted by Gasteiger charge is 2.40. The van der Waals surface area contributed by atoms with E-state index in [-0.39, 0.29) is 12.0 Å². The third-order valence-corrected chi connectivity index (χ3v) is 4.75. The third-order valence-electron chi connectivity index (χ3n) is 4.75. The van der Waals surface area contributed by atoms with Crippen molar-refractivity contribution < 1.29 is 14.3 Å². The van der Waals surface area contributed by atoms with Crippen LogP contribution in [-0.2, 0) is 4.79 Å². The Balaban J connectivity index is 2.09. The normalized spacial score (nSPS) is 22.7. The topological polar surface area (TPSA) is 53.7 Å². The molecule has 2 unspecified atom stereocenters. The van der Waals surface area contributed by atoms with Crippen molar-refractivity contribution in [3.63, 3.8) is 0 Å². The van der Waals surface area contributed by atoms with Gasteiger partial charge in [0.2, 0.25) is 0 Å². The first-order valence-corrected chi connectivity index (χ1v) is 7.36. The molecule has 1 aromatic rings. The van der Waals surface area contributed by atoms with E-state index >= 15 is 0 Å². The number of aliphatic carboxylic acids is 1. The fourth-order valence-electron chi connectivity index (χ4n) is 2.98. The van der Waals surface area contributed by atoms with Crippen LogP contribution in [0.25, 0.3) is 0 Å². The van der Waals surface area contributed by atoms with E-state index in [1.807, 2.05) is 32.9 Å². The number of rotatable bonds is 4. The van der Waals surface area contributed by atoms with E-state index in [1.54, 1.807) is 0 Å². The van der Waals surface area contributed by atoms with E-state index in [1.165, 1.54) is 0 Å². The Kier molecular flexibility index (Phi) is 4.23. The lowest BCUT2D eigenvalue weighted by atomic mass is 9.74. The van der Waals surface area contributed by atoms with Gasteiger partial charge in [0.1, 0.15) is 11.5 Å². The van der Waals surface area contributed by atoms with Gasteiger partial charge in [-0.25, -0.2) is 0 Å². The Morgan fingerprint density at radius 1 is 1.50 bits per heavy atom. The maximum atomic E-state index is 11.4. The van der Waals surface area contributed by atoms with Gasteiger partial charge >= 0.3 is 5.97 Å². The average molecular weight is 279 g/mol. The van der Waals surface area contributed by atoms with Crippen molar-refractivity contribution in [1.29, 1.82) is 0 Å². The first-order chi connectivity index (χ1) is 9.32. The summed E-state index contributed by atoms with van der Waals surface area (Å²) in [6, 6.07) is 4.21. The molecule has 1 fully saturated rings. The zero-order chi connectivity index (χ0) is 14.9. The maximum Gasteiger partial charge on any atom is 0.309 e. The molecule has 2 atom stereocenters. The van der Waals surface area contributed by atoms with Gasteiger partial charge in [-0.1, -0.05) is 0 Å². The highest BCUT2D eigenvalue weighted by molar-refractivity contribution is 5.74. The van der Waals surface area contributed by atoms with Crippen LogP contribution in [0.1, 0.15) is 51.2 Å². The fourth-order valence-corrected chi connectivity index (χ4v) is 2.98. The minimum atomic E-state index is -0.703. The van der Waals surface area contributed by atoms with Crippen LogP contribution in [0.4, 0.5) is 0 Å². The average Bonchev–Trinajstić information content (AvgIpc) is 2.84. The molecule has 4 heteroatoms. The number of hydrogen-bond donors (Lipinski definition) is 1. The van der Waals surface area contributed by atoms with Crippen molar-refractivity contribution in [3.8, 4) is 0 Å². The largest absolute Gasteiger partial charge is 0.481 e. The molecule has 1 N–H and O–H groups in total. The fraction of sp³-hybridized carbons (Fsp3) is 0.688. The summed E-state index contributed by atoms with van der Waals surface area (Å²) < 4.78 is 5.71. The van der Waals surface area contributed by atoms with Gasteiger partial charge in [0, 0.05) is 6.54 Å². The monoisotopic (exact) mass is 279 g/mol. The minimum absolute atomic E-state index is 0.187. The summed E-state index contributed by atoms with van der Waals surface area (Å²) in [6.07, 6.45) is 2.03. The summed E-state index contributed by atoms with van der Waals surface area (Å²) in [4.78, 5) is 13.8. The van der Waals surface area contributed by atoms with E-state index in [0.29, 0.717) is 0 Å². The van der Waals surface area contributed by atoms with Crippen molar-refractivity contribution in [2.45, 2.75) is 46.6 Å². The molecule has 2 rings (SSSR count). The number of hydrogen-bond acceptors (Lipinski definition) is 3. The van der Waals surface area contributed by atoms with Crippen LogP contribution in [0.2, 0.25) is 0 Å². The predicted octanol–water partition coefficient (Wildman–Crippen LogP) is 3.47. The lowest BCUT2D eigenvalue weighted by Gasteiger charge is -2.41. The quantitative estimate of drug-likeness (QED) is 0.917. The molecular formula is C16H25NO3. The van der Waals surface area contributed by atoms with Crippen molar-refractivity contribution >= 4 is 5.97 Å². The van der Waals surface area contributed by atoms with Gasteiger partial charge in [-0.15, -0.1) is 0 Å². The van der Waals surface area contributed by atoms with Crippen LogP contribution in [-0.4, -0.2) is 29.1 Å². The molecule has 0 aliphatic carbocycles. The highest BCUT2D eigenvalue weighted by atomic mass is 16.4. The van der Waals surface area contributed by atoms with Gasteiger partial charge in [0.05, 0.1) is 11.5 Å². The van der Waals surface area contributed by atoms with Crippen molar-refractivity contribution in [2.75, 3.05) is 13.1 Å². The number of carboxylic acids is 1. The Bertz CT molecular complexity index is 478. The zero-order valence-corrected chi connectivity index (χ0v) is 12.8. The Labute approximate surface area is 120 Å². The van der Waals surface area contributed by atoms with Gasteiger partial charge in [-0.05, 0) is 65.1 Å². The summed E-state index contributed by atoms with van der Waals surface area (Å²) in [7, 11) is 0. The Morgan fingerprint density at radius 3 is 2.75 bits per heavy atom. The number of piperidine rings is 1. The second-order valence-corrected chi connectivity index (χ2v) is 6.49. The molecule has 2 heterocycles. The van der Waals surface area contributed by atoms with Crippen molar-refractivity contribution in [3.05, 3.63) is 23.7 Å². The van der Waals surface area contributed by atoms with Crippen LogP contribution >= 0.6 is 0 Å². The van der Waals surface area contributed by atoms with Crippen LogP contribution in [0.15, 0.2) is 16.5 Å². The predicted molar refractivity (Wildman–Crippen MR) is 77.6 cm³/mol. The first-order valence-electron chi connectivity index (χ1n) is 7.36.